The molecule has 0 atom stereocenters. The number of anilines is 4. The largest absolute Gasteiger partial charge is 0.340 e. The van der Waals surface area contributed by atoms with E-state index in [9.17, 15) is 5.26 Å². The predicted molar refractivity (Wildman–Crippen MR) is 100 cm³/mol. The van der Waals surface area contributed by atoms with E-state index in [0.717, 1.165) is 16.9 Å². The minimum absolute atomic E-state index is 0.454. The van der Waals surface area contributed by atoms with Crippen LogP contribution in [-0.4, -0.2) is 9.97 Å². The van der Waals surface area contributed by atoms with Crippen molar-refractivity contribution < 1.29 is 0 Å². The SMILES string of the molecule is Cc1ccc(Nc2cc(C)nc(Nc3ccccc3C#N)n2)c(C)c1. The molecule has 3 rings (SSSR count). The van der Waals surface area contributed by atoms with Crippen LogP contribution in [0.1, 0.15) is 22.4 Å². The molecule has 0 aliphatic heterocycles. The molecule has 0 saturated heterocycles. The van der Waals surface area contributed by atoms with Gasteiger partial charge in [-0.1, -0.05) is 29.8 Å². The van der Waals surface area contributed by atoms with E-state index >= 15 is 0 Å². The number of aryl methyl sites for hydroxylation is 3. The third-order valence-corrected chi connectivity index (χ3v) is 3.79. The molecule has 0 fully saturated rings. The van der Waals surface area contributed by atoms with Gasteiger partial charge in [-0.25, -0.2) is 4.98 Å². The average Bonchev–Trinajstić information content (AvgIpc) is 2.57. The van der Waals surface area contributed by atoms with E-state index < -0.39 is 0 Å². The van der Waals surface area contributed by atoms with Gasteiger partial charge < -0.3 is 10.6 Å². The summed E-state index contributed by atoms with van der Waals surface area (Å²) in [4.78, 5) is 8.93. The summed E-state index contributed by atoms with van der Waals surface area (Å²) in [6, 6.07) is 17.6. The van der Waals surface area contributed by atoms with Crippen LogP contribution in [-0.2, 0) is 0 Å². The molecule has 0 spiro atoms. The summed E-state index contributed by atoms with van der Waals surface area (Å²) in [6.07, 6.45) is 0. The lowest BCUT2D eigenvalue weighted by molar-refractivity contribution is 1.11. The molecule has 2 N–H and O–H groups in total. The molecule has 0 amide bonds. The fourth-order valence-corrected chi connectivity index (χ4v) is 2.59. The Morgan fingerprint density at radius 3 is 2.44 bits per heavy atom. The minimum atomic E-state index is 0.454. The molecular weight excluding hydrogens is 310 g/mol. The maximum atomic E-state index is 9.21. The van der Waals surface area contributed by atoms with Gasteiger partial charge in [0, 0.05) is 17.4 Å². The van der Waals surface area contributed by atoms with E-state index in [1.54, 1.807) is 6.07 Å². The van der Waals surface area contributed by atoms with Crippen molar-refractivity contribution in [3.8, 4) is 6.07 Å². The third-order valence-electron chi connectivity index (χ3n) is 3.79. The van der Waals surface area contributed by atoms with Crippen molar-refractivity contribution in [3.63, 3.8) is 0 Å². The summed E-state index contributed by atoms with van der Waals surface area (Å²) >= 11 is 0. The van der Waals surface area contributed by atoms with Crippen molar-refractivity contribution in [2.24, 2.45) is 0 Å². The van der Waals surface area contributed by atoms with Crippen molar-refractivity contribution in [3.05, 3.63) is 70.9 Å². The van der Waals surface area contributed by atoms with Gasteiger partial charge in [0.25, 0.3) is 0 Å². The molecule has 0 saturated carbocycles. The molecule has 25 heavy (non-hydrogen) atoms. The number of benzene rings is 2. The van der Waals surface area contributed by atoms with Crippen molar-refractivity contribution in [1.29, 1.82) is 5.26 Å². The number of hydrogen-bond donors (Lipinski definition) is 2. The Morgan fingerprint density at radius 2 is 1.68 bits per heavy atom. The van der Waals surface area contributed by atoms with E-state index in [0.29, 0.717) is 23.0 Å². The van der Waals surface area contributed by atoms with Crippen molar-refractivity contribution in [2.45, 2.75) is 20.8 Å². The second kappa shape index (κ2) is 7.02. The topological polar surface area (TPSA) is 73.6 Å². The molecule has 0 aliphatic carbocycles. The molecule has 3 aromatic rings. The molecule has 1 aromatic heterocycles. The van der Waals surface area contributed by atoms with Crippen LogP contribution < -0.4 is 10.6 Å². The Bertz CT molecular complexity index is 957. The van der Waals surface area contributed by atoms with Crippen LogP contribution in [0.5, 0.6) is 0 Å². The number of nitrogens with zero attached hydrogens (tertiary/aromatic N) is 3. The quantitative estimate of drug-likeness (QED) is 0.722. The fraction of sp³-hybridized carbons (Fsp3) is 0.150. The van der Waals surface area contributed by atoms with Crippen LogP contribution in [0.2, 0.25) is 0 Å². The van der Waals surface area contributed by atoms with Gasteiger partial charge in [0.1, 0.15) is 11.9 Å². The second-order valence-corrected chi connectivity index (χ2v) is 5.94. The van der Waals surface area contributed by atoms with Gasteiger partial charge in [-0.15, -0.1) is 0 Å². The maximum Gasteiger partial charge on any atom is 0.229 e. The first-order valence-electron chi connectivity index (χ1n) is 8.01. The lowest BCUT2D eigenvalue weighted by atomic mass is 10.1. The van der Waals surface area contributed by atoms with Gasteiger partial charge in [-0.2, -0.15) is 10.2 Å². The first-order chi connectivity index (χ1) is 12.0. The van der Waals surface area contributed by atoms with E-state index in [4.69, 9.17) is 0 Å². The van der Waals surface area contributed by atoms with Crippen LogP contribution in [0.3, 0.4) is 0 Å². The van der Waals surface area contributed by atoms with Gasteiger partial charge >= 0.3 is 0 Å². The number of para-hydroxylation sites is 1. The van der Waals surface area contributed by atoms with Crippen LogP contribution in [0.4, 0.5) is 23.1 Å². The summed E-state index contributed by atoms with van der Waals surface area (Å²) in [5.74, 6) is 1.16. The first kappa shape index (κ1) is 16.5. The molecule has 1 heterocycles. The number of nitrogens with one attached hydrogen (secondary N) is 2. The van der Waals surface area contributed by atoms with Gasteiger partial charge in [0.15, 0.2) is 0 Å². The lowest BCUT2D eigenvalue weighted by Crippen LogP contribution is -2.04. The van der Waals surface area contributed by atoms with E-state index in [1.807, 2.05) is 37.3 Å². The Labute approximate surface area is 147 Å². The van der Waals surface area contributed by atoms with Gasteiger partial charge in [-0.05, 0) is 44.5 Å². The van der Waals surface area contributed by atoms with Gasteiger partial charge in [0.05, 0.1) is 11.3 Å². The smallest absolute Gasteiger partial charge is 0.229 e. The van der Waals surface area contributed by atoms with Gasteiger partial charge in [0.2, 0.25) is 5.95 Å². The van der Waals surface area contributed by atoms with Crippen molar-refractivity contribution >= 4 is 23.1 Å². The number of aromatic nitrogens is 2. The molecule has 0 unspecified atom stereocenters. The van der Waals surface area contributed by atoms with Crippen molar-refractivity contribution in [1.82, 2.24) is 9.97 Å². The van der Waals surface area contributed by atoms with Crippen molar-refractivity contribution in [2.75, 3.05) is 10.6 Å². The second-order valence-electron chi connectivity index (χ2n) is 5.94. The monoisotopic (exact) mass is 329 g/mol. The van der Waals surface area contributed by atoms with Crippen LogP contribution in [0.25, 0.3) is 0 Å². The highest BCUT2D eigenvalue weighted by molar-refractivity contribution is 5.65. The molecule has 5 heteroatoms. The highest BCUT2D eigenvalue weighted by atomic mass is 15.1. The van der Waals surface area contributed by atoms with Crippen LogP contribution in [0, 0.1) is 32.1 Å². The molecule has 124 valence electrons. The average molecular weight is 329 g/mol. The number of rotatable bonds is 4. The molecule has 0 aliphatic rings. The third kappa shape index (κ3) is 3.93. The summed E-state index contributed by atoms with van der Waals surface area (Å²) in [7, 11) is 0. The zero-order valence-electron chi connectivity index (χ0n) is 14.5. The standard InChI is InChI=1S/C20H19N5/c1-13-8-9-17(14(2)10-13)23-19-11-15(3)22-20(25-19)24-18-7-5-4-6-16(18)12-21/h4-11H,1-3H3,(H2,22,23,24,25). The summed E-state index contributed by atoms with van der Waals surface area (Å²) in [6.45, 7) is 6.04. The molecule has 5 nitrogen and oxygen atoms in total. The van der Waals surface area contributed by atoms with E-state index in [1.165, 1.54) is 5.56 Å². The Balaban J connectivity index is 1.89. The molecule has 0 radical (unpaired) electrons. The minimum Gasteiger partial charge on any atom is -0.340 e. The summed E-state index contributed by atoms with van der Waals surface area (Å²) in [5.41, 5.74) is 5.45. The highest BCUT2D eigenvalue weighted by Crippen LogP contribution is 2.23. The zero-order valence-corrected chi connectivity index (χ0v) is 14.5. The fourth-order valence-electron chi connectivity index (χ4n) is 2.59. The number of hydrogen-bond acceptors (Lipinski definition) is 5. The molecule has 2 aromatic carbocycles. The van der Waals surface area contributed by atoms with E-state index in [-0.39, 0.29) is 0 Å². The maximum absolute atomic E-state index is 9.21. The van der Waals surface area contributed by atoms with Crippen LogP contribution in [0.15, 0.2) is 48.5 Å². The van der Waals surface area contributed by atoms with E-state index in [2.05, 4.69) is 52.7 Å². The Kier molecular flexibility index (Phi) is 4.62. The number of nitriles is 1. The lowest BCUT2D eigenvalue weighted by Gasteiger charge is -2.12. The van der Waals surface area contributed by atoms with Crippen LogP contribution >= 0.6 is 0 Å². The Morgan fingerprint density at radius 1 is 0.880 bits per heavy atom. The summed E-state index contributed by atoms with van der Waals surface area (Å²) < 4.78 is 0. The summed E-state index contributed by atoms with van der Waals surface area (Å²) in [5, 5.41) is 15.7. The van der Waals surface area contributed by atoms with Gasteiger partial charge in [-0.3, -0.25) is 0 Å². The predicted octanol–water partition coefficient (Wildman–Crippen LogP) is 4.76. The molecular formula is C20H19N5. The normalized spacial score (nSPS) is 10.2. The Hall–Kier alpha value is -3.39. The molecule has 0 bridgehead atoms. The highest BCUT2D eigenvalue weighted by Gasteiger charge is 2.07. The zero-order chi connectivity index (χ0) is 17.8. The first-order valence-corrected chi connectivity index (χ1v) is 8.01.